The molecule has 0 aliphatic carbocycles. The molecular weight excluding hydrogens is 253 g/mol. The van der Waals surface area contributed by atoms with E-state index >= 15 is 0 Å². The van der Waals surface area contributed by atoms with Crippen LogP contribution in [0.2, 0.25) is 0 Å². The van der Waals surface area contributed by atoms with Crippen LogP contribution in [0.4, 0.5) is 4.39 Å². The summed E-state index contributed by atoms with van der Waals surface area (Å²) in [5.74, 6) is -0.436. The van der Waals surface area contributed by atoms with E-state index in [-0.39, 0.29) is 18.0 Å². The summed E-state index contributed by atoms with van der Waals surface area (Å²) < 4.78 is 13.6. The van der Waals surface area contributed by atoms with Gasteiger partial charge in [0.15, 0.2) is 5.78 Å². The Hall–Kier alpha value is -2.55. The minimum Gasteiger partial charge on any atom is -0.294 e. The fourth-order valence-electron chi connectivity index (χ4n) is 2.28. The van der Waals surface area contributed by atoms with Gasteiger partial charge < -0.3 is 0 Å². The molecule has 20 heavy (non-hydrogen) atoms. The molecule has 98 valence electrons. The monoisotopic (exact) mass is 265 g/mol. The summed E-state index contributed by atoms with van der Waals surface area (Å²) in [6.45, 7) is 0. The van der Waals surface area contributed by atoms with Gasteiger partial charge in [-0.15, -0.1) is 0 Å². The van der Waals surface area contributed by atoms with Crippen LogP contribution in [0, 0.1) is 5.82 Å². The summed E-state index contributed by atoms with van der Waals surface area (Å²) in [5.41, 5.74) is 1.02. The number of carbonyl (C=O) groups excluding carboxylic acids is 1. The molecule has 1 heterocycles. The molecule has 1 aromatic heterocycles. The van der Waals surface area contributed by atoms with Crippen molar-refractivity contribution in [2.24, 2.45) is 0 Å². The van der Waals surface area contributed by atoms with E-state index in [4.69, 9.17) is 0 Å². The van der Waals surface area contributed by atoms with Crippen molar-refractivity contribution in [2.45, 2.75) is 6.42 Å². The van der Waals surface area contributed by atoms with Crippen molar-refractivity contribution in [3.8, 4) is 0 Å². The van der Waals surface area contributed by atoms with Gasteiger partial charge in [0.1, 0.15) is 5.82 Å². The first-order chi connectivity index (χ1) is 9.75. The van der Waals surface area contributed by atoms with Crippen molar-refractivity contribution < 1.29 is 9.18 Å². The normalized spacial score (nSPS) is 10.7. The van der Waals surface area contributed by atoms with Crippen LogP contribution >= 0.6 is 0 Å². The van der Waals surface area contributed by atoms with Gasteiger partial charge in [0.25, 0.3) is 0 Å². The third-order valence-electron chi connectivity index (χ3n) is 3.29. The van der Waals surface area contributed by atoms with Crippen LogP contribution in [-0.2, 0) is 6.42 Å². The Balaban J connectivity index is 1.99. The topological polar surface area (TPSA) is 30.0 Å². The molecule has 0 unspecified atom stereocenters. The predicted molar refractivity (Wildman–Crippen MR) is 76.2 cm³/mol. The zero-order valence-electron chi connectivity index (χ0n) is 10.7. The van der Waals surface area contributed by atoms with Crippen LogP contribution < -0.4 is 0 Å². The van der Waals surface area contributed by atoms with Crippen LogP contribution in [-0.4, -0.2) is 10.8 Å². The fraction of sp³-hybridized carbons (Fsp3) is 0.0588. The maximum absolute atomic E-state index is 13.6. The molecule has 0 saturated heterocycles. The second-order valence-electron chi connectivity index (χ2n) is 4.59. The molecule has 3 rings (SSSR count). The highest BCUT2D eigenvalue weighted by Gasteiger charge is 2.12. The molecule has 3 aromatic rings. The van der Waals surface area contributed by atoms with Crippen LogP contribution in [0.5, 0.6) is 0 Å². The van der Waals surface area contributed by atoms with E-state index in [1.807, 2.05) is 18.2 Å². The van der Waals surface area contributed by atoms with Crippen molar-refractivity contribution in [2.75, 3.05) is 0 Å². The van der Waals surface area contributed by atoms with E-state index in [1.54, 1.807) is 36.7 Å². The molecule has 0 fully saturated rings. The summed E-state index contributed by atoms with van der Waals surface area (Å²) in [4.78, 5) is 16.4. The van der Waals surface area contributed by atoms with Crippen molar-refractivity contribution in [1.29, 1.82) is 0 Å². The number of rotatable bonds is 3. The van der Waals surface area contributed by atoms with E-state index in [2.05, 4.69) is 4.98 Å². The van der Waals surface area contributed by atoms with E-state index < -0.39 is 0 Å². The van der Waals surface area contributed by atoms with Gasteiger partial charge in [0.2, 0.25) is 0 Å². The van der Waals surface area contributed by atoms with Gasteiger partial charge in [-0.2, -0.15) is 0 Å². The lowest BCUT2D eigenvalue weighted by molar-refractivity contribution is 0.0993. The lowest BCUT2D eigenvalue weighted by Crippen LogP contribution is -2.05. The summed E-state index contributed by atoms with van der Waals surface area (Å²) in [5, 5.41) is 1.76. The van der Waals surface area contributed by atoms with Crippen LogP contribution in [0.1, 0.15) is 15.9 Å². The number of benzene rings is 2. The second kappa shape index (κ2) is 5.21. The molecule has 0 bridgehead atoms. The molecule has 0 amide bonds. The number of hydrogen-bond donors (Lipinski definition) is 0. The van der Waals surface area contributed by atoms with Gasteiger partial charge in [-0.3, -0.25) is 9.78 Å². The Bertz CT molecular complexity index is 777. The first-order valence-electron chi connectivity index (χ1n) is 6.35. The number of carbonyl (C=O) groups is 1. The van der Waals surface area contributed by atoms with Crippen LogP contribution in [0.25, 0.3) is 10.8 Å². The van der Waals surface area contributed by atoms with E-state index in [1.165, 1.54) is 6.07 Å². The van der Waals surface area contributed by atoms with E-state index in [0.29, 0.717) is 11.1 Å². The Morgan fingerprint density at radius 2 is 1.90 bits per heavy atom. The summed E-state index contributed by atoms with van der Waals surface area (Å²) >= 11 is 0. The number of nitrogens with zero attached hydrogens (tertiary/aromatic N) is 1. The summed E-state index contributed by atoms with van der Waals surface area (Å²) in [6, 6.07) is 13.7. The zero-order valence-corrected chi connectivity index (χ0v) is 10.7. The molecule has 3 heteroatoms. The zero-order chi connectivity index (χ0) is 13.9. The van der Waals surface area contributed by atoms with Gasteiger partial charge in [-0.05, 0) is 23.1 Å². The van der Waals surface area contributed by atoms with E-state index in [9.17, 15) is 9.18 Å². The Morgan fingerprint density at radius 1 is 1.05 bits per heavy atom. The van der Waals surface area contributed by atoms with Crippen molar-refractivity contribution in [3.05, 3.63) is 77.9 Å². The highest BCUT2D eigenvalue weighted by atomic mass is 19.1. The SMILES string of the molecule is O=C(Cc1ccccc1F)c1cccc2cnccc12. The lowest BCUT2D eigenvalue weighted by atomic mass is 9.98. The van der Waals surface area contributed by atoms with E-state index in [0.717, 1.165) is 10.8 Å². The quantitative estimate of drug-likeness (QED) is 0.674. The Labute approximate surface area is 115 Å². The van der Waals surface area contributed by atoms with Crippen molar-refractivity contribution in [1.82, 2.24) is 4.98 Å². The standard InChI is InChI=1S/C17H12FNO/c18-16-7-2-1-4-12(16)10-17(20)15-6-3-5-13-11-19-9-8-14(13)15/h1-9,11H,10H2. The first kappa shape index (κ1) is 12.5. The largest absolute Gasteiger partial charge is 0.294 e. The van der Waals surface area contributed by atoms with Crippen molar-refractivity contribution in [3.63, 3.8) is 0 Å². The summed E-state index contributed by atoms with van der Waals surface area (Å²) in [7, 11) is 0. The number of halogens is 1. The third kappa shape index (κ3) is 2.30. The number of ketones is 1. The van der Waals surface area contributed by atoms with Crippen LogP contribution in [0.3, 0.4) is 0 Å². The Morgan fingerprint density at radius 3 is 2.75 bits per heavy atom. The number of pyridine rings is 1. The molecule has 0 aliphatic heterocycles. The Kier molecular flexibility index (Phi) is 3.25. The summed E-state index contributed by atoms with van der Waals surface area (Å²) in [6.07, 6.45) is 3.44. The number of hydrogen-bond acceptors (Lipinski definition) is 2. The number of Topliss-reactive ketones (excluding diaryl/α,β-unsaturated/α-hetero) is 1. The molecule has 0 atom stereocenters. The lowest BCUT2D eigenvalue weighted by Gasteiger charge is -2.06. The molecule has 2 aromatic carbocycles. The molecule has 0 radical (unpaired) electrons. The molecule has 0 spiro atoms. The molecule has 0 saturated carbocycles. The molecule has 0 N–H and O–H groups in total. The number of aromatic nitrogens is 1. The van der Waals surface area contributed by atoms with Gasteiger partial charge in [-0.1, -0.05) is 36.4 Å². The van der Waals surface area contributed by atoms with Gasteiger partial charge >= 0.3 is 0 Å². The first-order valence-corrected chi connectivity index (χ1v) is 6.35. The average Bonchev–Trinajstić information content (AvgIpc) is 2.49. The third-order valence-corrected chi connectivity index (χ3v) is 3.29. The van der Waals surface area contributed by atoms with Crippen LogP contribution in [0.15, 0.2) is 60.9 Å². The highest BCUT2D eigenvalue weighted by molar-refractivity contribution is 6.08. The minimum absolute atomic E-state index is 0.0636. The second-order valence-corrected chi connectivity index (χ2v) is 4.59. The maximum atomic E-state index is 13.6. The maximum Gasteiger partial charge on any atom is 0.167 e. The highest BCUT2D eigenvalue weighted by Crippen LogP contribution is 2.20. The fourth-order valence-corrected chi connectivity index (χ4v) is 2.28. The van der Waals surface area contributed by atoms with Gasteiger partial charge in [-0.25, -0.2) is 4.39 Å². The minimum atomic E-state index is -0.345. The molecule has 0 aliphatic rings. The van der Waals surface area contributed by atoms with Gasteiger partial charge in [0, 0.05) is 29.8 Å². The van der Waals surface area contributed by atoms with Crippen molar-refractivity contribution >= 4 is 16.6 Å². The molecule has 2 nitrogen and oxygen atoms in total. The molecular formula is C17H12FNO. The van der Waals surface area contributed by atoms with Gasteiger partial charge in [0.05, 0.1) is 0 Å². The average molecular weight is 265 g/mol. The predicted octanol–water partition coefficient (Wildman–Crippen LogP) is 3.80. The smallest absolute Gasteiger partial charge is 0.167 e. The number of fused-ring (bicyclic) bond motifs is 1.